The number of furan rings is 1. The average Bonchev–Trinajstić information content (AvgIpc) is 3.24. The minimum absolute atomic E-state index is 0.201. The van der Waals surface area contributed by atoms with Gasteiger partial charge in [0.05, 0.1) is 25.4 Å². The molecule has 0 atom stereocenters. The second-order valence-electron chi connectivity index (χ2n) is 5.16. The van der Waals surface area contributed by atoms with Gasteiger partial charge in [0.15, 0.2) is 5.76 Å². The van der Waals surface area contributed by atoms with Crippen LogP contribution in [0.25, 0.3) is 22.7 Å². The minimum atomic E-state index is -0.201. The van der Waals surface area contributed by atoms with Crippen LogP contribution in [0.1, 0.15) is 12.8 Å². The van der Waals surface area contributed by atoms with Crippen molar-refractivity contribution in [3.63, 3.8) is 0 Å². The molecule has 0 fully saturated rings. The highest BCUT2D eigenvalue weighted by Crippen LogP contribution is 2.31. The Labute approximate surface area is 134 Å². The van der Waals surface area contributed by atoms with E-state index >= 15 is 0 Å². The summed E-state index contributed by atoms with van der Waals surface area (Å²) in [6, 6.07) is 13.8. The van der Waals surface area contributed by atoms with Gasteiger partial charge in [0, 0.05) is 18.5 Å². The van der Waals surface area contributed by atoms with Gasteiger partial charge in [-0.05, 0) is 18.6 Å². The number of benzene rings is 1. The summed E-state index contributed by atoms with van der Waals surface area (Å²) >= 11 is 0. The van der Waals surface area contributed by atoms with Gasteiger partial charge in [0.2, 0.25) is 0 Å². The Bertz CT molecular complexity index is 761. The molecule has 0 amide bonds. The van der Waals surface area contributed by atoms with Crippen LogP contribution in [0.2, 0.25) is 0 Å². The number of imidazole rings is 1. The molecular formula is C18H18N2O3. The molecule has 23 heavy (non-hydrogen) atoms. The van der Waals surface area contributed by atoms with E-state index in [4.69, 9.17) is 4.42 Å². The molecule has 0 unspecified atom stereocenters. The first-order valence-electron chi connectivity index (χ1n) is 7.51. The number of methoxy groups -OCH3 is 1. The number of esters is 1. The number of carbonyl (C=O) groups is 1. The molecule has 0 aliphatic heterocycles. The molecule has 0 aliphatic carbocycles. The van der Waals surface area contributed by atoms with Gasteiger partial charge in [-0.2, -0.15) is 0 Å². The first-order chi connectivity index (χ1) is 11.3. The lowest BCUT2D eigenvalue weighted by atomic mass is 10.1. The van der Waals surface area contributed by atoms with Gasteiger partial charge in [0.1, 0.15) is 5.69 Å². The Kier molecular flexibility index (Phi) is 4.57. The Morgan fingerprint density at radius 1 is 1.22 bits per heavy atom. The van der Waals surface area contributed by atoms with Crippen LogP contribution in [0.5, 0.6) is 0 Å². The first kappa shape index (κ1) is 15.1. The Hall–Kier alpha value is -2.82. The van der Waals surface area contributed by atoms with Gasteiger partial charge < -0.3 is 13.7 Å². The van der Waals surface area contributed by atoms with E-state index in [0.29, 0.717) is 19.4 Å². The maximum Gasteiger partial charge on any atom is 0.305 e. The zero-order valence-electron chi connectivity index (χ0n) is 12.9. The fourth-order valence-electron chi connectivity index (χ4n) is 2.53. The van der Waals surface area contributed by atoms with E-state index in [2.05, 4.69) is 9.72 Å². The number of rotatable bonds is 6. The van der Waals surface area contributed by atoms with E-state index in [1.807, 2.05) is 47.0 Å². The summed E-state index contributed by atoms with van der Waals surface area (Å²) in [6.07, 6.45) is 4.51. The molecule has 5 heteroatoms. The van der Waals surface area contributed by atoms with Crippen LogP contribution in [0.15, 0.2) is 59.5 Å². The molecule has 0 spiro atoms. The van der Waals surface area contributed by atoms with Crippen LogP contribution in [0, 0.1) is 0 Å². The molecule has 0 bridgehead atoms. The second kappa shape index (κ2) is 6.96. The first-order valence-corrected chi connectivity index (χ1v) is 7.51. The number of carbonyl (C=O) groups excluding carboxylic acids is 1. The fraction of sp³-hybridized carbons (Fsp3) is 0.222. The molecule has 0 N–H and O–H groups in total. The van der Waals surface area contributed by atoms with Crippen LogP contribution in [-0.4, -0.2) is 22.6 Å². The van der Waals surface area contributed by atoms with Crippen molar-refractivity contribution in [1.29, 1.82) is 0 Å². The molecule has 1 aromatic carbocycles. The zero-order valence-corrected chi connectivity index (χ0v) is 12.9. The largest absolute Gasteiger partial charge is 0.469 e. The molecule has 2 aromatic heterocycles. The second-order valence-corrected chi connectivity index (χ2v) is 5.16. The van der Waals surface area contributed by atoms with E-state index in [0.717, 1.165) is 22.7 Å². The summed E-state index contributed by atoms with van der Waals surface area (Å²) in [5, 5.41) is 0. The normalized spacial score (nSPS) is 10.7. The van der Waals surface area contributed by atoms with Crippen LogP contribution < -0.4 is 0 Å². The standard InChI is InChI=1S/C18H18N2O3/c1-22-16(21)10-5-11-20-13-19-17(14-7-3-2-4-8-14)18(20)15-9-6-12-23-15/h2-4,6-9,12-13H,5,10-11H2,1H3. The number of hydrogen-bond donors (Lipinski definition) is 0. The highest BCUT2D eigenvalue weighted by molar-refractivity contribution is 5.76. The average molecular weight is 310 g/mol. The molecule has 118 valence electrons. The number of ether oxygens (including phenoxy) is 1. The molecule has 5 nitrogen and oxygen atoms in total. The molecule has 0 aliphatic rings. The third-order valence-electron chi connectivity index (χ3n) is 3.65. The lowest BCUT2D eigenvalue weighted by Gasteiger charge is -2.08. The minimum Gasteiger partial charge on any atom is -0.469 e. The number of aryl methyl sites for hydroxylation is 1. The van der Waals surface area contributed by atoms with E-state index in [1.165, 1.54) is 7.11 Å². The molecule has 3 aromatic rings. The highest BCUT2D eigenvalue weighted by atomic mass is 16.5. The predicted molar refractivity (Wildman–Crippen MR) is 86.6 cm³/mol. The highest BCUT2D eigenvalue weighted by Gasteiger charge is 2.17. The molecular weight excluding hydrogens is 292 g/mol. The van der Waals surface area contributed by atoms with Gasteiger partial charge in [-0.25, -0.2) is 4.98 Å². The summed E-state index contributed by atoms with van der Waals surface area (Å²) in [5.74, 6) is 0.562. The fourth-order valence-corrected chi connectivity index (χ4v) is 2.53. The number of aromatic nitrogens is 2. The lowest BCUT2D eigenvalue weighted by molar-refractivity contribution is -0.140. The van der Waals surface area contributed by atoms with Crippen molar-refractivity contribution in [2.75, 3.05) is 7.11 Å². The maximum absolute atomic E-state index is 11.3. The van der Waals surface area contributed by atoms with Crippen molar-refractivity contribution in [2.24, 2.45) is 0 Å². The Balaban J connectivity index is 1.91. The zero-order chi connectivity index (χ0) is 16.1. The van der Waals surface area contributed by atoms with Gasteiger partial charge in [0.25, 0.3) is 0 Å². The van der Waals surface area contributed by atoms with E-state index in [-0.39, 0.29) is 5.97 Å². The maximum atomic E-state index is 11.3. The van der Waals surface area contributed by atoms with E-state index in [1.54, 1.807) is 12.6 Å². The summed E-state index contributed by atoms with van der Waals surface area (Å²) in [5.41, 5.74) is 2.83. The topological polar surface area (TPSA) is 57.3 Å². The summed E-state index contributed by atoms with van der Waals surface area (Å²) in [6.45, 7) is 0.672. The van der Waals surface area contributed by atoms with E-state index in [9.17, 15) is 4.79 Å². The molecule has 2 heterocycles. The van der Waals surface area contributed by atoms with Crippen molar-refractivity contribution in [2.45, 2.75) is 19.4 Å². The molecule has 3 rings (SSSR count). The summed E-state index contributed by atoms with van der Waals surface area (Å²) in [4.78, 5) is 15.8. The van der Waals surface area contributed by atoms with Crippen LogP contribution in [0.3, 0.4) is 0 Å². The van der Waals surface area contributed by atoms with Crippen LogP contribution in [0.4, 0.5) is 0 Å². The molecule has 0 saturated carbocycles. The van der Waals surface area contributed by atoms with Crippen molar-refractivity contribution >= 4 is 5.97 Å². The summed E-state index contributed by atoms with van der Waals surface area (Å²) < 4.78 is 12.3. The van der Waals surface area contributed by atoms with Crippen LogP contribution >= 0.6 is 0 Å². The monoisotopic (exact) mass is 310 g/mol. The van der Waals surface area contributed by atoms with E-state index < -0.39 is 0 Å². The molecule has 0 radical (unpaired) electrons. The van der Waals surface area contributed by atoms with Crippen molar-refractivity contribution in [3.05, 3.63) is 55.1 Å². The Morgan fingerprint density at radius 2 is 2.04 bits per heavy atom. The third kappa shape index (κ3) is 3.34. The van der Waals surface area contributed by atoms with Gasteiger partial charge in [-0.3, -0.25) is 4.79 Å². The summed E-state index contributed by atoms with van der Waals surface area (Å²) in [7, 11) is 1.40. The number of nitrogens with zero attached hydrogens (tertiary/aromatic N) is 2. The Morgan fingerprint density at radius 3 is 2.74 bits per heavy atom. The lowest BCUT2D eigenvalue weighted by Crippen LogP contribution is -2.04. The third-order valence-corrected chi connectivity index (χ3v) is 3.65. The van der Waals surface area contributed by atoms with Crippen molar-refractivity contribution < 1.29 is 13.9 Å². The molecule has 0 saturated heterocycles. The van der Waals surface area contributed by atoms with Crippen LogP contribution in [-0.2, 0) is 16.1 Å². The van der Waals surface area contributed by atoms with Crippen molar-refractivity contribution in [3.8, 4) is 22.7 Å². The predicted octanol–water partition coefficient (Wildman–Crippen LogP) is 3.76. The SMILES string of the molecule is COC(=O)CCCn1cnc(-c2ccccc2)c1-c1ccco1. The van der Waals surface area contributed by atoms with Crippen molar-refractivity contribution in [1.82, 2.24) is 9.55 Å². The number of hydrogen-bond acceptors (Lipinski definition) is 4. The van der Waals surface area contributed by atoms with Gasteiger partial charge >= 0.3 is 5.97 Å². The van der Waals surface area contributed by atoms with Gasteiger partial charge in [-0.1, -0.05) is 30.3 Å². The van der Waals surface area contributed by atoms with Gasteiger partial charge in [-0.15, -0.1) is 0 Å². The smallest absolute Gasteiger partial charge is 0.305 e. The quantitative estimate of drug-likeness (QED) is 0.650.